The van der Waals surface area contributed by atoms with E-state index in [0.717, 1.165) is 0 Å². The number of alkyl halides is 1. The zero-order chi connectivity index (χ0) is 14.5. The Bertz CT molecular complexity index is 475. The number of hydrogen-bond acceptors (Lipinski definition) is 2. The van der Waals surface area contributed by atoms with Crippen LogP contribution in [0.5, 0.6) is 0 Å². The molecule has 3 nitrogen and oxygen atoms in total. The highest BCUT2D eigenvalue weighted by atomic mass is 35.5. The molecule has 4 heteroatoms. The van der Waals surface area contributed by atoms with E-state index < -0.39 is 11.3 Å². The first kappa shape index (κ1) is 15.0. The molecule has 1 fully saturated rings. The second kappa shape index (κ2) is 6.89. The topological polar surface area (TPSA) is 54.4 Å². The summed E-state index contributed by atoms with van der Waals surface area (Å²) in [4.78, 5) is 22.5. The third-order valence-corrected chi connectivity index (χ3v) is 4.26. The molecule has 0 amide bonds. The van der Waals surface area contributed by atoms with Gasteiger partial charge < -0.3 is 5.11 Å². The lowest BCUT2D eigenvalue weighted by Crippen LogP contribution is -2.18. The van der Waals surface area contributed by atoms with Gasteiger partial charge in [-0.1, -0.05) is 43.5 Å². The maximum absolute atomic E-state index is 12.0. The highest BCUT2D eigenvalue weighted by molar-refractivity contribution is 6.34. The minimum Gasteiger partial charge on any atom is -0.481 e. The second-order valence-electron chi connectivity index (χ2n) is 5.39. The minimum absolute atomic E-state index is 0.315. The number of Topliss-reactive ketones (excluding diaryl/α,β-unsaturated/α-hetero) is 1. The molecule has 108 valence electrons. The Labute approximate surface area is 123 Å². The first-order valence-electron chi connectivity index (χ1n) is 7.08. The molecule has 0 saturated heterocycles. The summed E-state index contributed by atoms with van der Waals surface area (Å²) >= 11 is 5.82. The quantitative estimate of drug-likeness (QED) is 0.659. The molecule has 1 unspecified atom stereocenters. The number of carboxylic acids is 1. The maximum atomic E-state index is 12.0. The van der Waals surface area contributed by atoms with Gasteiger partial charge in [-0.05, 0) is 24.3 Å². The normalized spacial score (nSPS) is 17.6. The van der Waals surface area contributed by atoms with E-state index in [1.807, 2.05) is 12.1 Å². The minimum atomic E-state index is -1.06. The standard InChI is InChI=1S/C16H19ClO3/c17-14(10-15(18)19)16(20)13-8-6-12(7-9-13)11-4-2-1-3-5-11/h6-9,11,14H,1-5,10H2,(H,18,19). The van der Waals surface area contributed by atoms with E-state index >= 15 is 0 Å². The number of carbonyl (C=O) groups is 2. The van der Waals surface area contributed by atoms with Gasteiger partial charge in [0.1, 0.15) is 5.38 Å². The van der Waals surface area contributed by atoms with Gasteiger partial charge in [-0.2, -0.15) is 0 Å². The number of ketones is 1. The molecule has 0 aliphatic heterocycles. The van der Waals surface area contributed by atoms with Crippen molar-refractivity contribution >= 4 is 23.4 Å². The van der Waals surface area contributed by atoms with Crippen LogP contribution in [0.25, 0.3) is 0 Å². The molecule has 0 bridgehead atoms. The van der Waals surface area contributed by atoms with E-state index in [9.17, 15) is 9.59 Å². The molecule has 1 aliphatic carbocycles. The average Bonchev–Trinajstić information content (AvgIpc) is 2.47. The first-order chi connectivity index (χ1) is 9.58. The summed E-state index contributed by atoms with van der Waals surface area (Å²) in [5.74, 6) is -0.778. The Balaban J connectivity index is 2.03. The number of benzene rings is 1. The van der Waals surface area contributed by atoms with E-state index in [2.05, 4.69) is 0 Å². The van der Waals surface area contributed by atoms with E-state index in [0.29, 0.717) is 11.5 Å². The van der Waals surface area contributed by atoms with Crippen molar-refractivity contribution in [2.24, 2.45) is 0 Å². The number of aliphatic carboxylic acids is 1. The van der Waals surface area contributed by atoms with E-state index in [4.69, 9.17) is 16.7 Å². The van der Waals surface area contributed by atoms with E-state index in [-0.39, 0.29) is 12.2 Å². The van der Waals surface area contributed by atoms with Crippen molar-refractivity contribution in [3.63, 3.8) is 0 Å². The lowest BCUT2D eigenvalue weighted by atomic mass is 9.84. The molecular weight excluding hydrogens is 276 g/mol. The summed E-state index contributed by atoms with van der Waals surface area (Å²) in [5.41, 5.74) is 1.76. The Morgan fingerprint density at radius 1 is 1.15 bits per heavy atom. The summed E-state index contributed by atoms with van der Waals surface area (Å²) in [7, 11) is 0. The van der Waals surface area contributed by atoms with Gasteiger partial charge in [-0.25, -0.2) is 0 Å². The third kappa shape index (κ3) is 3.83. The van der Waals surface area contributed by atoms with Crippen molar-refractivity contribution < 1.29 is 14.7 Å². The molecule has 2 rings (SSSR count). The van der Waals surface area contributed by atoms with Crippen molar-refractivity contribution in [3.8, 4) is 0 Å². The van der Waals surface area contributed by atoms with Crippen molar-refractivity contribution in [1.82, 2.24) is 0 Å². The van der Waals surface area contributed by atoms with Gasteiger partial charge in [0.15, 0.2) is 5.78 Å². The Morgan fingerprint density at radius 2 is 1.75 bits per heavy atom. The van der Waals surface area contributed by atoms with Gasteiger partial charge >= 0.3 is 5.97 Å². The predicted octanol–water partition coefficient (Wildman–Crippen LogP) is 4.00. The van der Waals surface area contributed by atoms with Crippen molar-refractivity contribution in [1.29, 1.82) is 0 Å². The van der Waals surface area contributed by atoms with Crippen LogP contribution in [0.15, 0.2) is 24.3 Å². The molecule has 0 radical (unpaired) electrons. The van der Waals surface area contributed by atoms with Crippen LogP contribution in [0.4, 0.5) is 0 Å². The smallest absolute Gasteiger partial charge is 0.305 e. The van der Waals surface area contributed by atoms with Crippen LogP contribution < -0.4 is 0 Å². The van der Waals surface area contributed by atoms with Crippen molar-refractivity contribution in [3.05, 3.63) is 35.4 Å². The Morgan fingerprint density at radius 3 is 2.30 bits per heavy atom. The summed E-state index contributed by atoms with van der Waals surface area (Å²) in [6.07, 6.45) is 5.94. The molecule has 0 spiro atoms. The summed E-state index contributed by atoms with van der Waals surface area (Å²) in [6.45, 7) is 0. The molecule has 1 aliphatic rings. The summed E-state index contributed by atoms with van der Waals surface area (Å²) < 4.78 is 0. The number of carboxylic acid groups (broad SMARTS) is 1. The largest absolute Gasteiger partial charge is 0.481 e. The molecule has 1 N–H and O–H groups in total. The molecule has 1 atom stereocenters. The van der Waals surface area contributed by atoms with Crippen LogP contribution in [0, 0.1) is 0 Å². The van der Waals surface area contributed by atoms with Crippen LogP contribution in [0.2, 0.25) is 0 Å². The molecule has 1 aromatic rings. The van der Waals surface area contributed by atoms with E-state index in [1.165, 1.54) is 37.7 Å². The zero-order valence-electron chi connectivity index (χ0n) is 11.3. The lowest BCUT2D eigenvalue weighted by molar-refractivity contribution is -0.136. The van der Waals surface area contributed by atoms with Crippen LogP contribution in [0.3, 0.4) is 0 Å². The van der Waals surface area contributed by atoms with Gasteiger partial charge in [0.2, 0.25) is 0 Å². The summed E-state index contributed by atoms with van der Waals surface area (Å²) in [5, 5.41) is 7.66. The fraction of sp³-hybridized carbons (Fsp3) is 0.500. The van der Waals surface area contributed by atoms with Gasteiger partial charge in [0, 0.05) is 5.56 Å². The molecule has 0 aromatic heterocycles. The first-order valence-corrected chi connectivity index (χ1v) is 7.51. The van der Waals surface area contributed by atoms with Gasteiger partial charge in [0.05, 0.1) is 6.42 Å². The van der Waals surface area contributed by atoms with Gasteiger partial charge in [-0.3, -0.25) is 9.59 Å². The van der Waals surface area contributed by atoms with Crippen molar-refractivity contribution in [2.75, 3.05) is 0 Å². The van der Waals surface area contributed by atoms with Crippen LogP contribution >= 0.6 is 11.6 Å². The Hall–Kier alpha value is -1.35. The number of halogens is 1. The number of rotatable bonds is 5. The second-order valence-corrected chi connectivity index (χ2v) is 5.91. The predicted molar refractivity (Wildman–Crippen MR) is 78.5 cm³/mol. The van der Waals surface area contributed by atoms with Crippen LogP contribution in [-0.4, -0.2) is 22.2 Å². The van der Waals surface area contributed by atoms with Gasteiger partial charge in [0.25, 0.3) is 0 Å². The number of carbonyl (C=O) groups excluding carboxylic acids is 1. The summed E-state index contributed by atoms with van der Waals surface area (Å²) in [6, 6.07) is 7.49. The monoisotopic (exact) mass is 294 g/mol. The highest BCUT2D eigenvalue weighted by Crippen LogP contribution is 2.32. The highest BCUT2D eigenvalue weighted by Gasteiger charge is 2.21. The molecular formula is C16H19ClO3. The molecule has 1 saturated carbocycles. The van der Waals surface area contributed by atoms with Crippen molar-refractivity contribution in [2.45, 2.75) is 49.8 Å². The Kier molecular flexibility index (Phi) is 5.18. The van der Waals surface area contributed by atoms with Crippen LogP contribution in [-0.2, 0) is 4.79 Å². The van der Waals surface area contributed by atoms with Gasteiger partial charge in [-0.15, -0.1) is 11.6 Å². The fourth-order valence-electron chi connectivity index (χ4n) is 2.78. The SMILES string of the molecule is O=C(O)CC(Cl)C(=O)c1ccc(C2CCCCC2)cc1. The van der Waals surface area contributed by atoms with E-state index in [1.54, 1.807) is 12.1 Å². The molecule has 1 aromatic carbocycles. The lowest BCUT2D eigenvalue weighted by Gasteiger charge is -2.22. The molecule has 0 heterocycles. The average molecular weight is 295 g/mol. The van der Waals surface area contributed by atoms with Crippen LogP contribution in [0.1, 0.15) is 60.4 Å². The fourth-order valence-corrected chi connectivity index (χ4v) is 3.04. The number of hydrogen-bond donors (Lipinski definition) is 1. The maximum Gasteiger partial charge on any atom is 0.305 e. The third-order valence-electron chi connectivity index (χ3n) is 3.91. The zero-order valence-corrected chi connectivity index (χ0v) is 12.1. The molecule has 20 heavy (non-hydrogen) atoms.